The Morgan fingerprint density at radius 2 is 1.78 bits per heavy atom. The molecule has 0 bridgehead atoms. The average molecular weight is 432 g/mol. The highest BCUT2D eigenvalue weighted by Gasteiger charge is 2.53. The third-order valence-electron chi connectivity index (χ3n) is 6.71. The van der Waals surface area contributed by atoms with Crippen molar-refractivity contribution in [1.29, 1.82) is 0 Å². The van der Waals surface area contributed by atoms with Gasteiger partial charge in [-0.15, -0.1) is 0 Å². The number of hydrogen-bond acceptors (Lipinski definition) is 4. The maximum absolute atomic E-state index is 13.4. The number of benzene rings is 3. The van der Waals surface area contributed by atoms with Crippen molar-refractivity contribution in [3.63, 3.8) is 0 Å². The highest BCUT2D eigenvalue weighted by Crippen LogP contribution is 2.49. The molecular formula is C26H25FN2O3. The predicted molar refractivity (Wildman–Crippen MR) is 120 cm³/mol. The van der Waals surface area contributed by atoms with Crippen LogP contribution in [0.1, 0.15) is 27.4 Å². The number of anilines is 1. The summed E-state index contributed by atoms with van der Waals surface area (Å²) in [5, 5.41) is 10.2. The Balaban J connectivity index is 1.49. The lowest BCUT2D eigenvalue weighted by Gasteiger charge is -2.59. The fourth-order valence-corrected chi connectivity index (χ4v) is 5.17. The predicted octanol–water partition coefficient (Wildman–Crippen LogP) is 3.82. The number of carbonyl (C=O) groups is 1. The van der Waals surface area contributed by atoms with Gasteiger partial charge in [0.15, 0.2) is 0 Å². The van der Waals surface area contributed by atoms with E-state index in [1.807, 2.05) is 48.5 Å². The summed E-state index contributed by atoms with van der Waals surface area (Å²) in [4.78, 5) is 17.4. The van der Waals surface area contributed by atoms with Crippen LogP contribution in [0.4, 0.5) is 10.1 Å². The largest absolute Gasteiger partial charge is 0.496 e. The van der Waals surface area contributed by atoms with Crippen LogP contribution in [-0.2, 0) is 6.54 Å². The van der Waals surface area contributed by atoms with E-state index >= 15 is 0 Å². The minimum absolute atomic E-state index is 0.0332. The second kappa shape index (κ2) is 8.37. The summed E-state index contributed by atoms with van der Waals surface area (Å²) in [5.74, 6) is 0.431. The van der Waals surface area contributed by atoms with Gasteiger partial charge in [-0.1, -0.05) is 36.4 Å². The molecule has 2 aliphatic heterocycles. The number of aliphatic hydroxyl groups excluding tert-OH is 1. The zero-order valence-corrected chi connectivity index (χ0v) is 17.8. The van der Waals surface area contributed by atoms with Crippen LogP contribution in [0.5, 0.6) is 5.75 Å². The molecule has 0 spiro atoms. The molecular weight excluding hydrogens is 407 g/mol. The Labute approximate surface area is 186 Å². The van der Waals surface area contributed by atoms with Gasteiger partial charge < -0.3 is 14.7 Å². The SMILES string of the molecule is COc1ccccc1CN1[C@@H](CO)[C@@H]2c3ccccc3N(C(=O)c3ccc(F)cc3)C[C@@H]21. The van der Waals surface area contributed by atoms with Crippen molar-refractivity contribution in [3.8, 4) is 5.75 Å². The smallest absolute Gasteiger partial charge is 0.258 e. The zero-order valence-electron chi connectivity index (χ0n) is 17.8. The molecule has 1 amide bonds. The number of aliphatic hydroxyl groups is 1. The third kappa shape index (κ3) is 3.36. The van der Waals surface area contributed by atoms with Gasteiger partial charge in [0.05, 0.1) is 13.7 Å². The number of halogens is 1. The van der Waals surface area contributed by atoms with Gasteiger partial charge in [-0.25, -0.2) is 4.39 Å². The number of para-hydroxylation sites is 2. The molecule has 0 aliphatic carbocycles. The van der Waals surface area contributed by atoms with Crippen LogP contribution in [0.2, 0.25) is 0 Å². The monoisotopic (exact) mass is 432 g/mol. The molecule has 3 aromatic carbocycles. The van der Waals surface area contributed by atoms with Gasteiger partial charge in [0.1, 0.15) is 11.6 Å². The van der Waals surface area contributed by atoms with Crippen LogP contribution in [-0.4, -0.2) is 48.3 Å². The summed E-state index contributed by atoms with van der Waals surface area (Å²) >= 11 is 0. The Hall–Kier alpha value is -3.22. The lowest BCUT2D eigenvalue weighted by molar-refractivity contribution is -0.0491. The topological polar surface area (TPSA) is 53.0 Å². The standard InChI is InChI=1S/C26H25FN2O3/c1-32-24-9-5-2-6-18(24)14-28-22-15-29(26(31)17-10-12-19(27)13-11-17)21-8-4-3-7-20(21)25(22)23(28)16-30/h2-13,22-23,25,30H,14-16H2,1H3/t22-,23-,25+/m0/s1. The highest BCUT2D eigenvalue weighted by molar-refractivity contribution is 6.07. The summed E-state index contributed by atoms with van der Waals surface area (Å²) in [6.45, 7) is 1.16. The van der Waals surface area contributed by atoms with Gasteiger partial charge in [0.2, 0.25) is 0 Å². The van der Waals surface area contributed by atoms with Crippen molar-refractivity contribution in [2.45, 2.75) is 24.5 Å². The Kier molecular flexibility index (Phi) is 5.41. The van der Waals surface area contributed by atoms with E-state index in [2.05, 4.69) is 4.90 Å². The summed E-state index contributed by atoms with van der Waals surface area (Å²) in [5.41, 5.74) is 3.42. The molecule has 2 aliphatic rings. The number of hydrogen-bond donors (Lipinski definition) is 1. The van der Waals surface area contributed by atoms with Gasteiger partial charge in [-0.05, 0) is 42.0 Å². The fourth-order valence-electron chi connectivity index (χ4n) is 5.17. The van der Waals surface area contributed by atoms with Crippen molar-refractivity contribution in [2.75, 3.05) is 25.2 Å². The first kappa shape index (κ1) is 20.7. The zero-order chi connectivity index (χ0) is 22.2. The van der Waals surface area contributed by atoms with E-state index in [9.17, 15) is 14.3 Å². The average Bonchev–Trinajstić information content (AvgIpc) is 2.82. The Morgan fingerprint density at radius 1 is 1.06 bits per heavy atom. The minimum atomic E-state index is -0.367. The van der Waals surface area contributed by atoms with Gasteiger partial charge >= 0.3 is 0 Å². The molecule has 5 nitrogen and oxygen atoms in total. The molecule has 3 aromatic rings. The maximum atomic E-state index is 13.4. The first-order valence-electron chi connectivity index (χ1n) is 10.8. The molecule has 32 heavy (non-hydrogen) atoms. The first-order chi connectivity index (χ1) is 15.6. The number of methoxy groups -OCH3 is 1. The molecule has 1 saturated heterocycles. The number of carbonyl (C=O) groups excluding carboxylic acids is 1. The van der Waals surface area contributed by atoms with Crippen LogP contribution in [0.3, 0.4) is 0 Å². The summed E-state index contributed by atoms with van der Waals surface area (Å²) < 4.78 is 18.9. The van der Waals surface area contributed by atoms with Crippen molar-refractivity contribution < 1.29 is 19.0 Å². The van der Waals surface area contributed by atoms with E-state index in [1.54, 1.807) is 12.0 Å². The second-order valence-corrected chi connectivity index (χ2v) is 8.31. The quantitative estimate of drug-likeness (QED) is 0.666. The van der Waals surface area contributed by atoms with E-state index in [4.69, 9.17) is 4.74 Å². The summed E-state index contributed by atoms with van der Waals surface area (Å²) in [6.07, 6.45) is 0. The normalized spacial score (nSPS) is 22.0. The van der Waals surface area contributed by atoms with E-state index in [0.717, 1.165) is 22.6 Å². The van der Waals surface area contributed by atoms with Crippen molar-refractivity contribution >= 4 is 11.6 Å². The van der Waals surface area contributed by atoms with Crippen molar-refractivity contribution in [2.24, 2.45) is 0 Å². The maximum Gasteiger partial charge on any atom is 0.258 e. The molecule has 6 heteroatoms. The van der Waals surface area contributed by atoms with Gasteiger partial charge in [0, 0.05) is 47.9 Å². The van der Waals surface area contributed by atoms with Crippen LogP contribution in [0.15, 0.2) is 72.8 Å². The van der Waals surface area contributed by atoms with E-state index < -0.39 is 0 Å². The molecule has 164 valence electrons. The Bertz CT molecular complexity index is 1130. The summed E-state index contributed by atoms with van der Waals surface area (Å²) in [7, 11) is 1.65. The van der Waals surface area contributed by atoms with Gasteiger partial charge in [-0.3, -0.25) is 9.69 Å². The number of likely N-dealkylation sites (tertiary alicyclic amines) is 1. The van der Waals surface area contributed by atoms with Crippen LogP contribution in [0.25, 0.3) is 0 Å². The van der Waals surface area contributed by atoms with E-state index in [1.165, 1.54) is 24.3 Å². The van der Waals surface area contributed by atoms with Crippen molar-refractivity contribution in [1.82, 2.24) is 4.90 Å². The molecule has 3 atom stereocenters. The molecule has 5 rings (SSSR count). The van der Waals surface area contributed by atoms with Crippen molar-refractivity contribution in [3.05, 3.63) is 95.3 Å². The fraction of sp³-hybridized carbons (Fsp3) is 0.269. The van der Waals surface area contributed by atoms with Crippen LogP contribution in [0, 0.1) is 5.82 Å². The second-order valence-electron chi connectivity index (χ2n) is 8.31. The highest BCUT2D eigenvalue weighted by atomic mass is 19.1. The first-order valence-corrected chi connectivity index (χ1v) is 10.8. The molecule has 0 saturated carbocycles. The molecule has 2 heterocycles. The molecule has 0 unspecified atom stereocenters. The van der Waals surface area contributed by atoms with Crippen LogP contribution >= 0.6 is 0 Å². The minimum Gasteiger partial charge on any atom is -0.496 e. The number of fused-ring (bicyclic) bond motifs is 3. The number of nitrogens with zero attached hydrogens (tertiary/aromatic N) is 2. The molecule has 0 radical (unpaired) electrons. The Morgan fingerprint density at radius 3 is 2.53 bits per heavy atom. The summed E-state index contributed by atoms with van der Waals surface area (Å²) in [6, 6.07) is 21.5. The van der Waals surface area contributed by atoms with Crippen LogP contribution < -0.4 is 9.64 Å². The number of amides is 1. The van der Waals surface area contributed by atoms with E-state index in [-0.39, 0.29) is 36.3 Å². The molecule has 0 aromatic heterocycles. The third-order valence-corrected chi connectivity index (χ3v) is 6.71. The molecule has 1 N–H and O–H groups in total. The van der Waals surface area contributed by atoms with Gasteiger partial charge in [0.25, 0.3) is 5.91 Å². The lowest BCUT2D eigenvalue weighted by Crippen LogP contribution is -2.68. The number of rotatable bonds is 5. The van der Waals surface area contributed by atoms with Gasteiger partial charge in [-0.2, -0.15) is 0 Å². The molecule has 1 fully saturated rings. The van der Waals surface area contributed by atoms with E-state index in [0.29, 0.717) is 18.7 Å². The number of ether oxygens (including phenoxy) is 1. The lowest BCUT2D eigenvalue weighted by atomic mass is 9.71.